The van der Waals surface area contributed by atoms with Gasteiger partial charge < -0.3 is 8.98 Å². The molecule has 7 nitrogen and oxygen atoms in total. The molecule has 11 aromatic rings. The van der Waals surface area contributed by atoms with Gasteiger partial charge in [0.15, 0.2) is 28.9 Å². The first-order valence-corrected chi connectivity index (χ1v) is 18.1. The van der Waals surface area contributed by atoms with Gasteiger partial charge in [-0.3, -0.25) is 0 Å². The fraction of sp³-hybridized carbons (Fsp3) is 0. The van der Waals surface area contributed by atoms with E-state index in [4.69, 9.17) is 36.2 Å². The Hall–Kier alpha value is -7.77. The second-order valence-corrected chi connectivity index (χ2v) is 13.3. The van der Waals surface area contributed by atoms with Crippen LogP contribution in [0.5, 0.6) is 0 Å². The Labute approximate surface area is 328 Å². The van der Waals surface area contributed by atoms with Crippen molar-refractivity contribution in [1.29, 1.82) is 0 Å². The Bertz CT molecular complexity index is 3470. The van der Waals surface area contributed by atoms with E-state index in [9.17, 15) is 0 Å². The van der Waals surface area contributed by atoms with E-state index < -0.39 is 30.2 Å². The van der Waals surface area contributed by atoms with Crippen molar-refractivity contribution in [3.63, 3.8) is 0 Å². The summed E-state index contributed by atoms with van der Waals surface area (Å²) >= 11 is 0. The fourth-order valence-corrected chi connectivity index (χ4v) is 7.43. The predicted molar refractivity (Wildman–Crippen MR) is 224 cm³/mol. The molecule has 7 heteroatoms. The molecule has 0 N–H and O–H groups in total. The van der Waals surface area contributed by atoms with Crippen molar-refractivity contribution in [3.05, 3.63) is 182 Å². The van der Waals surface area contributed by atoms with Crippen LogP contribution in [-0.4, -0.2) is 29.5 Å². The van der Waals surface area contributed by atoms with Gasteiger partial charge in [-0.05, 0) is 42.5 Å². The quantitative estimate of drug-likeness (QED) is 0.170. The molecule has 4 heterocycles. The summed E-state index contributed by atoms with van der Waals surface area (Å²) in [4.78, 5) is 25.2. The van der Waals surface area contributed by atoms with Crippen LogP contribution in [0.3, 0.4) is 0 Å². The molecule has 262 valence electrons. The highest BCUT2D eigenvalue weighted by Crippen LogP contribution is 2.40. The van der Waals surface area contributed by atoms with Gasteiger partial charge >= 0.3 is 0 Å². The van der Waals surface area contributed by atoms with E-state index in [0.717, 1.165) is 38.4 Å². The summed E-state index contributed by atoms with van der Waals surface area (Å²) in [5.74, 6) is 0.858. The number of furan rings is 1. The number of hydrogen-bond donors (Lipinski definition) is 0. The first kappa shape index (κ1) is 26.9. The van der Waals surface area contributed by atoms with Crippen LogP contribution in [0.4, 0.5) is 0 Å². The molecule has 0 saturated carbocycles. The lowest BCUT2D eigenvalue weighted by Gasteiger charge is -2.16. The van der Waals surface area contributed by atoms with Gasteiger partial charge in [-0.2, -0.15) is 0 Å². The number of aromatic nitrogens is 6. The van der Waals surface area contributed by atoms with Crippen molar-refractivity contribution >= 4 is 43.9 Å². The highest BCUT2D eigenvalue weighted by atomic mass is 16.3. The first-order chi connectivity index (χ1) is 29.8. The molecular weight excluding hydrogens is 689 g/mol. The van der Waals surface area contributed by atoms with Gasteiger partial charge in [0.1, 0.15) is 16.8 Å². The minimum atomic E-state index is -0.505. The molecular formula is C49H30N6O. The zero-order valence-electron chi connectivity index (χ0n) is 34.5. The van der Waals surface area contributed by atoms with Crippen LogP contribution in [0.2, 0.25) is 0 Å². The Morgan fingerprint density at radius 2 is 1.02 bits per heavy atom. The minimum absolute atomic E-state index is 0.0617. The molecule has 0 spiro atoms. The van der Waals surface area contributed by atoms with Crippen LogP contribution in [0.15, 0.2) is 186 Å². The summed E-state index contributed by atoms with van der Waals surface area (Å²) in [5, 5.41) is 2.97. The smallest absolute Gasteiger partial charge is 0.180 e. The summed E-state index contributed by atoms with van der Waals surface area (Å²) in [6.45, 7) is 0. The maximum atomic E-state index is 8.91. The van der Waals surface area contributed by atoms with Crippen molar-refractivity contribution < 1.29 is 11.3 Å². The van der Waals surface area contributed by atoms with Gasteiger partial charge in [-0.15, -0.1) is 0 Å². The van der Waals surface area contributed by atoms with E-state index >= 15 is 0 Å². The minimum Gasteiger partial charge on any atom is -0.452 e. The summed E-state index contributed by atoms with van der Waals surface area (Å²) in [6.07, 6.45) is 0. The SMILES string of the molecule is [2H]c1c([2H])c([2H])c(-c2nc(-c3ccccc3)nc(-c3cc(-c4nc(-c5ccccc5)c5oc6ccccc6c5n4)ccc3-n3c4ccccc4c4ccccc43)n2)c([2H])c1[2H]. The van der Waals surface area contributed by atoms with Crippen molar-refractivity contribution in [2.45, 2.75) is 0 Å². The van der Waals surface area contributed by atoms with Gasteiger partial charge in [0.2, 0.25) is 0 Å². The first-order valence-electron chi connectivity index (χ1n) is 20.6. The summed E-state index contributed by atoms with van der Waals surface area (Å²) in [6, 6.07) is 47.0. The number of para-hydroxylation sites is 3. The summed E-state index contributed by atoms with van der Waals surface area (Å²) < 4.78 is 51.7. The molecule has 11 rings (SSSR count). The van der Waals surface area contributed by atoms with E-state index in [1.165, 1.54) is 0 Å². The second kappa shape index (κ2) is 13.0. The standard InChI is InChI=1S/C49H30N6O/c1-4-16-31(17-5-1)43-45-44(37-24-12-15-27-42(37)56-45)51-48(50-43)34-28-29-41(55-39-25-13-10-22-35(39)36-23-11-14-26-40(36)55)38(30-34)49-53-46(32-18-6-2-7-19-32)52-47(54-49)33-20-8-3-9-21-33/h1-30H/i2D,6D,7D,18D,19D. The fourth-order valence-electron chi connectivity index (χ4n) is 7.43. The number of hydrogen-bond acceptors (Lipinski definition) is 6. The molecule has 0 saturated heterocycles. The van der Waals surface area contributed by atoms with E-state index in [-0.39, 0.29) is 23.0 Å². The van der Waals surface area contributed by atoms with Gasteiger partial charge in [0, 0.05) is 44.0 Å². The molecule has 0 unspecified atom stereocenters. The Kier molecular flexibility index (Phi) is 6.23. The molecule has 0 bridgehead atoms. The number of rotatable bonds is 6. The van der Waals surface area contributed by atoms with Crippen LogP contribution >= 0.6 is 0 Å². The number of fused-ring (bicyclic) bond motifs is 6. The molecule has 0 amide bonds. The average Bonchev–Trinajstić information content (AvgIpc) is 3.86. The molecule has 0 fully saturated rings. The maximum absolute atomic E-state index is 8.91. The molecule has 0 aliphatic carbocycles. The summed E-state index contributed by atoms with van der Waals surface area (Å²) in [7, 11) is 0. The van der Waals surface area contributed by atoms with Gasteiger partial charge in [0.05, 0.1) is 23.6 Å². The molecule has 0 radical (unpaired) electrons. The Morgan fingerprint density at radius 1 is 0.446 bits per heavy atom. The lowest BCUT2D eigenvalue weighted by molar-refractivity contribution is 0.667. The molecule has 0 aliphatic rings. The molecule has 56 heavy (non-hydrogen) atoms. The van der Waals surface area contributed by atoms with E-state index in [2.05, 4.69) is 28.8 Å². The zero-order chi connectivity index (χ0) is 41.4. The molecule has 7 aromatic carbocycles. The van der Waals surface area contributed by atoms with Gasteiger partial charge in [-0.1, -0.05) is 139 Å². The Balaban J connectivity index is 1.24. The van der Waals surface area contributed by atoms with Gasteiger partial charge in [-0.25, -0.2) is 24.9 Å². The van der Waals surface area contributed by atoms with E-state index in [1.807, 2.05) is 127 Å². The van der Waals surface area contributed by atoms with E-state index in [0.29, 0.717) is 44.9 Å². The van der Waals surface area contributed by atoms with Crippen LogP contribution in [0.1, 0.15) is 6.85 Å². The van der Waals surface area contributed by atoms with Crippen molar-refractivity contribution in [2.75, 3.05) is 0 Å². The Morgan fingerprint density at radius 3 is 1.73 bits per heavy atom. The van der Waals surface area contributed by atoms with Crippen LogP contribution < -0.4 is 0 Å². The normalized spacial score (nSPS) is 12.8. The third-order valence-corrected chi connectivity index (χ3v) is 9.97. The average molecular weight is 724 g/mol. The monoisotopic (exact) mass is 723 g/mol. The third-order valence-electron chi connectivity index (χ3n) is 9.97. The molecule has 0 atom stereocenters. The van der Waals surface area contributed by atoms with Crippen molar-refractivity contribution in [2.24, 2.45) is 0 Å². The number of nitrogens with zero attached hydrogens (tertiary/aromatic N) is 6. The summed E-state index contributed by atoms with van der Waals surface area (Å²) in [5.41, 5.74) is 7.84. The highest BCUT2D eigenvalue weighted by molar-refractivity contribution is 6.10. The largest absolute Gasteiger partial charge is 0.452 e. The van der Waals surface area contributed by atoms with Crippen LogP contribution in [-0.2, 0) is 0 Å². The van der Waals surface area contributed by atoms with Crippen LogP contribution in [0, 0.1) is 0 Å². The van der Waals surface area contributed by atoms with Crippen LogP contribution in [0.25, 0.3) is 106 Å². The zero-order valence-corrected chi connectivity index (χ0v) is 29.5. The molecule has 4 aromatic heterocycles. The van der Waals surface area contributed by atoms with Gasteiger partial charge in [0.25, 0.3) is 0 Å². The lowest BCUT2D eigenvalue weighted by atomic mass is 10.0. The second-order valence-electron chi connectivity index (χ2n) is 13.3. The van der Waals surface area contributed by atoms with Crippen molar-refractivity contribution in [1.82, 2.24) is 29.5 Å². The third kappa shape index (κ3) is 5.25. The number of benzene rings is 7. The highest BCUT2D eigenvalue weighted by Gasteiger charge is 2.23. The maximum Gasteiger partial charge on any atom is 0.180 e. The topological polar surface area (TPSA) is 82.5 Å². The molecule has 0 aliphatic heterocycles. The van der Waals surface area contributed by atoms with Crippen molar-refractivity contribution in [3.8, 4) is 62.5 Å². The van der Waals surface area contributed by atoms with E-state index in [1.54, 1.807) is 0 Å². The lowest BCUT2D eigenvalue weighted by Crippen LogP contribution is -2.04. The predicted octanol–water partition coefficient (Wildman–Crippen LogP) is 12.0.